The lowest BCUT2D eigenvalue weighted by atomic mass is 9.43. The highest BCUT2D eigenvalue weighted by Crippen LogP contribution is 2.68. The van der Waals surface area contributed by atoms with E-state index >= 15 is 0 Å². The highest BCUT2D eigenvalue weighted by Gasteiger charge is 2.65. The summed E-state index contributed by atoms with van der Waals surface area (Å²) in [6.45, 7) is 6.90. The second-order valence-corrected chi connectivity index (χ2v) is 11.2. The SMILES string of the molecule is C[C@H](CCC=O)[C@H]1CC[C@H]2[C@@H]3[C@H](O)C[C@H]4C[C@H](O)CC[C@]4(C)[C@H]3C[C@H](O)[C@]12C. The van der Waals surface area contributed by atoms with Crippen molar-refractivity contribution in [3.63, 3.8) is 0 Å². The van der Waals surface area contributed by atoms with Crippen LogP contribution in [-0.4, -0.2) is 39.9 Å². The standard InChI is InChI=1S/C24H40O4/c1-14(5-4-10-25)17-6-7-18-22-19(13-21(28)24(17,18)3)23(2)9-8-16(26)11-15(23)12-20(22)27/h10,14-22,26-28H,4-9,11-13H2,1-3H3/t14-,15-,16-,17-,18+,19+,20-,21+,22+,23+,24-/m1/s1. The quantitative estimate of drug-likeness (QED) is 0.639. The molecule has 0 heterocycles. The van der Waals surface area contributed by atoms with Crippen LogP contribution in [0.15, 0.2) is 0 Å². The van der Waals surface area contributed by atoms with Crippen molar-refractivity contribution in [2.45, 2.75) is 96.9 Å². The van der Waals surface area contributed by atoms with E-state index in [1.165, 1.54) is 0 Å². The minimum Gasteiger partial charge on any atom is -0.393 e. The number of aliphatic hydroxyl groups excluding tert-OH is 3. The molecule has 11 atom stereocenters. The van der Waals surface area contributed by atoms with E-state index < -0.39 is 0 Å². The molecular weight excluding hydrogens is 352 g/mol. The smallest absolute Gasteiger partial charge is 0.120 e. The zero-order chi connectivity index (χ0) is 20.3. The zero-order valence-corrected chi connectivity index (χ0v) is 17.9. The number of carbonyl (C=O) groups excluding carboxylic acids is 1. The molecular formula is C24H40O4. The second kappa shape index (κ2) is 7.35. The molecule has 4 aliphatic carbocycles. The topological polar surface area (TPSA) is 77.8 Å². The Bertz CT molecular complexity index is 593. The molecule has 160 valence electrons. The molecule has 4 saturated carbocycles. The fourth-order valence-electron chi connectivity index (χ4n) is 8.66. The summed E-state index contributed by atoms with van der Waals surface area (Å²) in [5, 5.41) is 32.9. The predicted molar refractivity (Wildman–Crippen MR) is 108 cm³/mol. The molecule has 0 radical (unpaired) electrons. The number of fused-ring (bicyclic) bond motifs is 5. The maximum Gasteiger partial charge on any atom is 0.120 e. The van der Waals surface area contributed by atoms with Crippen molar-refractivity contribution in [1.29, 1.82) is 0 Å². The van der Waals surface area contributed by atoms with E-state index in [0.717, 1.165) is 57.7 Å². The van der Waals surface area contributed by atoms with Crippen molar-refractivity contribution in [2.24, 2.45) is 46.3 Å². The molecule has 0 bridgehead atoms. The lowest BCUT2D eigenvalue weighted by Crippen LogP contribution is -2.62. The van der Waals surface area contributed by atoms with Crippen molar-refractivity contribution in [1.82, 2.24) is 0 Å². The third kappa shape index (κ3) is 2.93. The minimum absolute atomic E-state index is 0.132. The molecule has 0 aliphatic heterocycles. The molecule has 3 N–H and O–H groups in total. The van der Waals surface area contributed by atoms with E-state index in [1.54, 1.807) is 0 Å². The molecule has 28 heavy (non-hydrogen) atoms. The van der Waals surface area contributed by atoms with Crippen molar-refractivity contribution in [3.8, 4) is 0 Å². The number of hydrogen-bond donors (Lipinski definition) is 3. The van der Waals surface area contributed by atoms with Gasteiger partial charge >= 0.3 is 0 Å². The largest absolute Gasteiger partial charge is 0.393 e. The number of aldehydes is 1. The average molecular weight is 393 g/mol. The second-order valence-electron chi connectivity index (χ2n) is 11.2. The monoisotopic (exact) mass is 392 g/mol. The molecule has 4 aliphatic rings. The zero-order valence-electron chi connectivity index (χ0n) is 17.9. The number of rotatable bonds is 4. The molecule has 0 spiro atoms. The molecule has 0 saturated heterocycles. The number of aliphatic hydroxyl groups is 3. The Balaban J connectivity index is 1.63. The van der Waals surface area contributed by atoms with Gasteiger partial charge in [-0.05, 0) is 97.7 Å². The van der Waals surface area contributed by atoms with Crippen LogP contribution in [0.5, 0.6) is 0 Å². The van der Waals surface area contributed by atoms with Crippen LogP contribution in [0.2, 0.25) is 0 Å². The van der Waals surface area contributed by atoms with E-state index in [4.69, 9.17) is 0 Å². The Morgan fingerprint density at radius 3 is 2.50 bits per heavy atom. The van der Waals surface area contributed by atoms with Crippen LogP contribution < -0.4 is 0 Å². The molecule has 0 aromatic heterocycles. The summed E-state index contributed by atoms with van der Waals surface area (Å²) in [5.41, 5.74) is -0.0194. The molecule has 4 heteroatoms. The Hall–Kier alpha value is -0.450. The third-order valence-corrected chi connectivity index (χ3v) is 10.3. The Labute approximate surface area is 170 Å². The van der Waals surface area contributed by atoms with Crippen molar-refractivity contribution in [3.05, 3.63) is 0 Å². The summed E-state index contributed by atoms with van der Waals surface area (Å²) < 4.78 is 0. The van der Waals surface area contributed by atoms with Gasteiger partial charge in [0.05, 0.1) is 18.3 Å². The van der Waals surface area contributed by atoms with Gasteiger partial charge in [-0.3, -0.25) is 0 Å². The Kier molecular flexibility index (Phi) is 5.46. The molecule has 4 nitrogen and oxygen atoms in total. The Morgan fingerprint density at radius 1 is 1.04 bits per heavy atom. The van der Waals surface area contributed by atoms with Crippen LogP contribution in [-0.2, 0) is 4.79 Å². The van der Waals surface area contributed by atoms with Crippen molar-refractivity contribution < 1.29 is 20.1 Å². The predicted octanol–water partition coefficient (Wildman–Crippen LogP) is 3.56. The maximum absolute atomic E-state index is 11.5. The fraction of sp³-hybridized carbons (Fsp3) is 0.958. The van der Waals surface area contributed by atoms with E-state index in [0.29, 0.717) is 36.0 Å². The highest BCUT2D eigenvalue weighted by atomic mass is 16.3. The van der Waals surface area contributed by atoms with Gasteiger partial charge in [0, 0.05) is 6.42 Å². The van der Waals surface area contributed by atoms with Gasteiger partial charge in [-0.25, -0.2) is 0 Å². The van der Waals surface area contributed by atoms with E-state index in [2.05, 4.69) is 20.8 Å². The molecule has 4 rings (SSSR count). The van der Waals surface area contributed by atoms with Crippen LogP contribution in [0.3, 0.4) is 0 Å². The van der Waals surface area contributed by atoms with Crippen molar-refractivity contribution in [2.75, 3.05) is 0 Å². The lowest BCUT2D eigenvalue weighted by Gasteiger charge is -2.63. The molecule has 0 aromatic rings. The van der Waals surface area contributed by atoms with Gasteiger partial charge in [-0.15, -0.1) is 0 Å². The van der Waals surface area contributed by atoms with Crippen LogP contribution >= 0.6 is 0 Å². The fourth-order valence-corrected chi connectivity index (χ4v) is 8.66. The van der Waals surface area contributed by atoms with E-state index in [-0.39, 0.29) is 35.1 Å². The minimum atomic E-state index is -0.334. The molecule has 0 amide bonds. The summed E-state index contributed by atoms with van der Waals surface area (Å²) in [6, 6.07) is 0. The van der Waals surface area contributed by atoms with Gasteiger partial charge in [0.25, 0.3) is 0 Å². The third-order valence-electron chi connectivity index (χ3n) is 10.3. The van der Waals surface area contributed by atoms with E-state index in [1.807, 2.05) is 0 Å². The normalized spacial score (nSPS) is 54.4. The first-order valence-corrected chi connectivity index (χ1v) is 11.7. The summed E-state index contributed by atoms with van der Waals surface area (Å²) >= 11 is 0. The summed E-state index contributed by atoms with van der Waals surface area (Å²) in [7, 11) is 0. The Morgan fingerprint density at radius 2 is 1.79 bits per heavy atom. The highest BCUT2D eigenvalue weighted by molar-refractivity contribution is 5.49. The van der Waals surface area contributed by atoms with Gasteiger partial charge in [0.15, 0.2) is 0 Å². The average Bonchev–Trinajstić information content (AvgIpc) is 3.01. The number of carbonyl (C=O) groups is 1. The summed E-state index contributed by atoms with van der Waals surface area (Å²) in [5.74, 6) is 2.22. The van der Waals surface area contributed by atoms with Gasteiger partial charge in [0.2, 0.25) is 0 Å². The van der Waals surface area contributed by atoms with Gasteiger partial charge in [-0.2, -0.15) is 0 Å². The number of hydrogen-bond acceptors (Lipinski definition) is 4. The van der Waals surface area contributed by atoms with Gasteiger partial charge in [-0.1, -0.05) is 20.8 Å². The van der Waals surface area contributed by atoms with Crippen LogP contribution in [0.25, 0.3) is 0 Å². The van der Waals surface area contributed by atoms with E-state index in [9.17, 15) is 20.1 Å². The molecule has 0 aromatic carbocycles. The van der Waals surface area contributed by atoms with Crippen LogP contribution in [0.1, 0.15) is 78.6 Å². The molecule has 0 unspecified atom stereocenters. The first-order chi connectivity index (χ1) is 13.2. The summed E-state index contributed by atoms with van der Waals surface area (Å²) in [4.78, 5) is 10.9. The maximum atomic E-state index is 11.5. The first-order valence-electron chi connectivity index (χ1n) is 11.7. The van der Waals surface area contributed by atoms with Gasteiger partial charge in [0.1, 0.15) is 6.29 Å². The van der Waals surface area contributed by atoms with Crippen LogP contribution in [0.4, 0.5) is 0 Å². The van der Waals surface area contributed by atoms with Crippen LogP contribution in [0, 0.1) is 46.3 Å². The van der Waals surface area contributed by atoms with Gasteiger partial charge < -0.3 is 20.1 Å². The molecule has 4 fully saturated rings. The lowest BCUT2D eigenvalue weighted by molar-refractivity contribution is -0.207. The van der Waals surface area contributed by atoms with Crippen molar-refractivity contribution >= 4 is 6.29 Å². The first kappa shape index (κ1) is 20.8. The summed E-state index contributed by atoms with van der Waals surface area (Å²) in [6.07, 6.45) is 8.11.